The molecule has 0 saturated carbocycles. The molecule has 0 aliphatic heterocycles. The number of rotatable bonds is 8. The second-order valence-electron chi connectivity index (χ2n) is 7.52. The number of nitrogens with zero attached hydrogens (tertiary/aromatic N) is 1. The van der Waals surface area contributed by atoms with Crippen molar-refractivity contribution in [1.29, 1.82) is 0 Å². The van der Waals surface area contributed by atoms with Gasteiger partial charge in [0.25, 0.3) is 0 Å². The molecule has 0 atom stereocenters. The van der Waals surface area contributed by atoms with E-state index >= 15 is 0 Å². The zero-order valence-corrected chi connectivity index (χ0v) is 18.9. The molecule has 1 nitrogen and oxygen atoms in total. The molecule has 0 heterocycles. The van der Waals surface area contributed by atoms with Gasteiger partial charge in [0, 0.05) is 16.9 Å². The van der Waals surface area contributed by atoms with Crippen molar-refractivity contribution in [3.63, 3.8) is 0 Å². The minimum atomic E-state index is 0.978. The molecule has 0 N–H and O–H groups in total. The summed E-state index contributed by atoms with van der Waals surface area (Å²) in [4.78, 5) is 2.23. The molecule has 1 heteroatoms. The van der Waals surface area contributed by atoms with E-state index < -0.39 is 0 Å². The van der Waals surface area contributed by atoms with Crippen molar-refractivity contribution in [3.05, 3.63) is 120 Å². The lowest BCUT2D eigenvalue weighted by atomic mass is 10.0. The maximum absolute atomic E-state index is 4.04. The molecule has 2 rings (SSSR count). The Morgan fingerprint density at radius 2 is 1.60 bits per heavy atom. The van der Waals surface area contributed by atoms with Gasteiger partial charge in [-0.15, -0.1) is 0 Å². The van der Waals surface area contributed by atoms with Crippen molar-refractivity contribution in [2.75, 3.05) is 4.90 Å². The van der Waals surface area contributed by atoms with E-state index in [1.54, 1.807) is 6.08 Å². The SMILES string of the molecule is C=C/C=C(\C=C)N(c1ccc(/C(C)=C/C=C(C)C)cc1)c1cccc(C)c1/C=C\C. The molecule has 0 unspecified atom stereocenters. The monoisotopic (exact) mass is 395 g/mol. The Morgan fingerprint density at radius 3 is 2.17 bits per heavy atom. The van der Waals surface area contributed by atoms with Crippen molar-refractivity contribution in [2.24, 2.45) is 0 Å². The third-order valence-electron chi connectivity index (χ3n) is 4.88. The molecule has 0 saturated heterocycles. The smallest absolute Gasteiger partial charge is 0.0536 e. The van der Waals surface area contributed by atoms with Crippen LogP contribution in [0, 0.1) is 6.92 Å². The summed E-state index contributed by atoms with van der Waals surface area (Å²) in [7, 11) is 0. The maximum atomic E-state index is 4.04. The number of allylic oxidation sites excluding steroid dienone is 8. The quantitative estimate of drug-likeness (QED) is 0.404. The van der Waals surface area contributed by atoms with E-state index in [2.05, 4.69) is 113 Å². The summed E-state index contributed by atoms with van der Waals surface area (Å²) >= 11 is 0. The van der Waals surface area contributed by atoms with Crippen molar-refractivity contribution >= 4 is 23.0 Å². The Kier molecular flexibility index (Phi) is 8.43. The highest BCUT2D eigenvalue weighted by Gasteiger charge is 2.16. The highest BCUT2D eigenvalue weighted by molar-refractivity contribution is 5.80. The van der Waals surface area contributed by atoms with Crippen LogP contribution in [0.2, 0.25) is 0 Å². The van der Waals surface area contributed by atoms with Crippen LogP contribution in [-0.4, -0.2) is 0 Å². The number of benzene rings is 2. The Morgan fingerprint density at radius 1 is 0.900 bits per heavy atom. The van der Waals surface area contributed by atoms with Crippen LogP contribution >= 0.6 is 0 Å². The van der Waals surface area contributed by atoms with Crippen LogP contribution in [-0.2, 0) is 0 Å². The van der Waals surface area contributed by atoms with Crippen LogP contribution in [0.5, 0.6) is 0 Å². The van der Waals surface area contributed by atoms with Crippen molar-refractivity contribution in [2.45, 2.75) is 34.6 Å². The van der Waals surface area contributed by atoms with Crippen molar-refractivity contribution in [3.8, 4) is 0 Å². The lowest BCUT2D eigenvalue weighted by Crippen LogP contribution is -2.16. The van der Waals surface area contributed by atoms with Gasteiger partial charge in [-0.25, -0.2) is 0 Å². The minimum Gasteiger partial charge on any atom is -0.310 e. The molecule has 0 bridgehead atoms. The molecule has 0 fully saturated rings. The number of hydrogen-bond acceptors (Lipinski definition) is 1. The Bertz CT molecular complexity index is 1010. The number of aryl methyl sites for hydroxylation is 1. The van der Waals surface area contributed by atoms with Gasteiger partial charge in [-0.05, 0) is 81.7 Å². The first-order chi connectivity index (χ1) is 14.4. The summed E-state index contributed by atoms with van der Waals surface area (Å²) < 4.78 is 0. The molecule has 0 spiro atoms. The first-order valence-corrected chi connectivity index (χ1v) is 10.3. The molecular weight excluding hydrogens is 362 g/mol. The highest BCUT2D eigenvalue weighted by atomic mass is 15.1. The van der Waals surface area contributed by atoms with Crippen LogP contribution in [0.1, 0.15) is 44.4 Å². The lowest BCUT2D eigenvalue weighted by Gasteiger charge is -2.28. The summed E-state index contributed by atoms with van der Waals surface area (Å²) in [5.74, 6) is 0. The molecule has 0 aliphatic rings. The molecular formula is C29H33N. The average Bonchev–Trinajstić information content (AvgIpc) is 2.74. The van der Waals surface area contributed by atoms with E-state index in [0.29, 0.717) is 0 Å². The third-order valence-corrected chi connectivity index (χ3v) is 4.88. The summed E-state index contributed by atoms with van der Waals surface area (Å²) in [5.41, 5.74) is 9.34. The molecule has 0 aliphatic carbocycles. The average molecular weight is 396 g/mol. The van der Waals surface area contributed by atoms with E-state index in [1.807, 2.05) is 19.1 Å². The molecule has 0 amide bonds. The largest absolute Gasteiger partial charge is 0.310 e. The van der Waals surface area contributed by atoms with Gasteiger partial charge in [0.1, 0.15) is 0 Å². The second-order valence-corrected chi connectivity index (χ2v) is 7.52. The van der Waals surface area contributed by atoms with Crippen LogP contribution in [0.15, 0.2) is 103 Å². The molecule has 2 aromatic carbocycles. The molecule has 0 radical (unpaired) electrons. The van der Waals surface area contributed by atoms with Gasteiger partial charge in [-0.3, -0.25) is 0 Å². The number of hydrogen-bond donors (Lipinski definition) is 0. The Labute approximate surface area is 182 Å². The van der Waals surface area contributed by atoms with Crippen molar-refractivity contribution < 1.29 is 0 Å². The standard InChI is InChI=1S/C29H33N/c1-8-12-26(10-3)30(29-15-11-14-24(7)28(29)13-9-2)27-20-18-25(19-21-27)23(6)17-16-22(4)5/h8-21H,1,3H2,2,4-7H3/b13-9-,23-17+,26-12+. The number of anilines is 2. The van der Waals surface area contributed by atoms with Crippen LogP contribution in [0.3, 0.4) is 0 Å². The van der Waals surface area contributed by atoms with Crippen molar-refractivity contribution in [1.82, 2.24) is 0 Å². The fourth-order valence-corrected chi connectivity index (χ4v) is 3.29. The molecule has 0 aromatic heterocycles. The van der Waals surface area contributed by atoms with Gasteiger partial charge < -0.3 is 4.90 Å². The molecule has 30 heavy (non-hydrogen) atoms. The maximum Gasteiger partial charge on any atom is 0.0536 e. The van der Waals surface area contributed by atoms with E-state index in [-0.39, 0.29) is 0 Å². The minimum absolute atomic E-state index is 0.978. The third kappa shape index (κ3) is 5.61. The topological polar surface area (TPSA) is 3.24 Å². The van der Waals surface area contributed by atoms with E-state index in [1.165, 1.54) is 27.8 Å². The molecule has 154 valence electrons. The first kappa shape index (κ1) is 23.0. The fourth-order valence-electron chi connectivity index (χ4n) is 3.29. The second kappa shape index (κ2) is 11.0. The summed E-state index contributed by atoms with van der Waals surface area (Å²) in [6, 6.07) is 15.1. The van der Waals surface area contributed by atoms with Crippen LogP contribution < -0.4 is 4.90 Å². The van der Waals surface area contributed by atoms with Crippen LogP contribution in [0.4, 0.5) is 11.4 Å². The predicted molar refractivity (Wildman–Crippen MR) is 136 cm³/mol. The Hall–Kier alpha value is -3.32. The van der Waals surface area contributed by atoms with Gasteiger partial charge in [-0.2, -0.15) is 0 Å². The van der Waals surface area contributed by atoms with E-state index in [0.717, 1.165) is 17.1 Å². The van der Waals surface area contributed by atoms with Crippen LogP contribution in [0.25, 0.3) is 11.6 Å². The zero-order chi connectivity index (χ0) is 22.1. The van der Waals surface area contributed by atoms with E-state index in [9.17, 15) is 0 Å². The highest BCUT2D eigenvalue weighted by Crippen LogP contribution is 2.35. The summed E-state index contributed by atoms with van der Waals surface area (Å²) in [5, 5.41) is 0. The fraction of sp³-hybridized carbons (Fsp3) is 0.172. The van der Waals surface area contributed by atoms with Gasteiger partial charge in [0.05, 0.1) is 5.69 Å². The molecule has 2 aromatic rings. The Balaban J connectivity index is 2.64. The van der Waals surface area contributed by atoms with E-state index in [4.69, 9.17) is 0 Å². The summed E-state index contributed by atoms with van der Waals surface area (Å²) in [6.07, 6.45) is 14.2. The van der Waals surface area contributed by atoms with Gasteiger partial charge in [0.15, 0.2) is 0 Å². The first-order valence-electron chi connectivity index (χ1n) is 10.3. The zero-order valence-electron chi connectivity index (χ0n) is 18.9. The predicted octanol–water partition coefficient (Wildman–Crippen LogP) is 8.79. The van der Waals surface area contributed by atoms with Gasteiger partial charge >= 0.3 is 0 Å². The van der Waals surface area contributed by atoms with Gasteiger partial charge in [0.2, 0.25) is 0 Å². The van der Waals surface area contributed by atoms with Gasteiger partial charge in [-0.1, -0.05) is 73.4 Å². The lowest BCUT2D eigenvalue weighted by molar-refractivity contribution is 1.20. The normalized spacial score (nSPS) is 12.0. The summed E-state index contributed by atoms with van der Waals surface area (Å²) in [6.45, 7) is 18.5.